The molecule has 3 nitrogen and oxygen atoms in total. The lowest BCUT2D eigenvalue weighted by atomic mass is 10.1. The van der Waals surface area contributed by atoms with Crippen LogP contribution in [0.3, 0.4) is 0 Å². The van der Waals surface area contributed by atoms with Crippen molar-refractivity contribution in [1.29, 1.82) is 5.26 Å². The fourth-order valence-electron chi connectivity index (χ4n) is 1.06. The van der Waals surface area contributed by atoms with Gasteiger partial charge in [0.15, 0.2) is 0 Å². The number of nitriles is 1. The minimum atomic E-state index is 0.0294. The molecule has 0 saturated carbocycles. The second-order valence-corrected chi connectivity index (χ2v) is 3.13. The number of hydrogen-bond donors (Lipinski definition) is 1. The molecule has 1 rings (SSSR count). The third-order valence-electron chi connectivity index (χ3n) is 1.99. The van der Waals surface area contributed by atoms with Gasteiger partial charge in [-0.3, -0.25) is 0 Å². The lowest BCUT2D eigenvalue weighted by molar-refractivity contribution is 0.0588. The number of benzene rings is 1. The predicted molar refractivity (Wildman–Crippen MR) is 54.5 cm³/mol. The summed E-state index contributed by atoms with van der Waals surface area (Å²) in [7, 11) is 0. The van der Waals surface area contributed by atoms with Crippen LogP contribution in [-0.2, 0) is 11.3 Å². The molecule has 2 N–H and O–H groups in total. The summed E-state index contributed by atoms with van der Waals surface area (Å²) in [4.78, 5) is 0. The minimum Gasteiger partial charge on any atom is -0.372 e. The van der Waals surface area contributed by atoms with Crippen molar-refractivity contribution in [2.45, 2.75) is 19.6 Å². The molecule has 0 aromatic heterocycles. The first kappa shape index (κ1) is 10.7. The lowest BCUT2D eigenvalue weighted by Crippen LogP contribution is -2.19. The third kappa shape index (κ3) is 2.84. The van der Waals surface area contributed by atoms with E-state index in [0.717, 1.165) is 5.56 Å². The van der Waals surface area contributed by atoms with Crippen molar-refractivity contribution in [2.75, 3.05) is 6.54 Å². The Kier molecular flexibility index (Phi) is 4.11. The van der Waals surface area contributed by atoms with Crippen LogP contribution >= 0.6 is 0 Å². The van der Waals surface area contributed by atoms with Crippen LogP contribution in [0.15, 0.2) is 24.3 Å². The largest absolute Gasteiger partial charge is 0.372 e. The molecule has 74 valence electrons. The van der Waals surface area contributed by atoms with Gasteiger partial charge >= 0.3 is 0 Å². The summed E-state index contributed by atoms with van der Waals surface area (Å²) in [6.45, 7) is 2.85. The zero-order chi connectivity index (χ0) is 10.4. The summed E-state index contributed by atoms with van der Waals surface area (Å²) >= 11 is 0. The van der Waals surface area contributed by atoms with Gasteiger partial charge in [0.2, 0.25) is 0 Å². The van der Waals surface area contributed by atoms with Crippen molar-refractivity contribution >= 4 is 0 Å². The van der Waals surface area contributed by atoms with E-state index in [-0.39, 0.29) is 6.10 Å². The predicted octanol–water partition coefficient (Wildman–Crippen LogP) is 1.42. The van der Waals surface area contributed by atoms with Crippen LogP contribution in [0.25, 0.3) is 0 Å². The standard InChI is InChI=1S/C11H14N2O/c1-9(6-12)14-8-11-5-3-2-4-10(11)7-13/h2-5,9H,6,8,12H2,1H3. The van der Waals surface area contributed by atoms with Gasteiger partial charge in [-0.1, -0.05) is 18.2 Å². The Morgan fingerprint density at radius 1 is 1.50 bits per heavy atom. The van der Waals surface area contributed by atoms with Gasteiger partial charge in [-0.25, -0.2) is 0 Å². The molecule has 0 heterocycles. The maximum Gasteiger partial charge on any atom is 0.0995 e. The molecule has 0 aliphatic rings. The maximum atomic E-state index is 8.81. The minimum absolute atomic E-state index is 0.0294. The van der Waals surface area contributed by atoms with Crippen molar-refractivity contribution in [3.8, 4) is 6.07 Å². The van der Waals surface area contributed by atoms with E-state index in [4.69, 9.17) is 15.7 Å². The van der Waals surface area contributed by atoms with Gasteiger partial charge in [0.05, 0.1) is 24.3 Å². The van der Waals surface area contributed by atoms with Gasteiger partial charge in [0, 0.05) is 6.54 Å². The van der Waals surface area contributed by atoms with Crippen molar-refractivity contribution < 1.29 is 4.74 Å². The Bertz CT molecular complexity index is 330. The van der Waals surface area contributed by atoms with E-state index in [2.05, 4.69) is 6.07 Å². The molecular weight excluding hydrogens is 176 g/mol. The van der Waals surface area contributed by atoms with Gasteiger partial charge in [-0.2, -0.15) is 5.26 Å². The number of nitrogens with two attached hydrogens (primary N) is 1. The zero-order valence-electron chi connectivity index (χ0n) is 8.23. The van der Waals surface area contributed by atoms with E-state index in [9.17, 15) is 0 Å². The number of hydrogen-bond acceptors (Lipinski definition) is 3. The molecule has 1 aromatic rings. The van der Waals surface area contributed by atoms with Crippen molar-refractivity contribution in [3.63, 3.8) is 0 Å². The SMILES string of the molecule is CC(CN)OCc1ccccc1C#N. The average molecular weight is 190 g/mol. The number of ether oxygens (including phenoxy) is 1. The highest BCUT2D eigenvalue weighted by Crippen LogP contribution is 2.09. The van der Waals surface area contributed by atoms with E-state index in [1.165, 1.54) is 0 Å². The Balaban J connectivity index is 2.63. The van der Waals surface area contributed by atoms with Crippen LogP contribution in [-0.4, -0.2) is 12.6 Å². The second kappa shape index (κ2) is 5.38. The Labute approximate surface area is 84.1 Å². The Morgan fingerprint density at radius 2 is 2.21 bits per heavy atom. The summed E-state index contributed by atoms with van der Waals surface area (Å²) in [6, 6.07) is 9.54. The third-order valence-corrected chi connectivity index (χ3v) is 1.99. The lowest BCUT2D eigenvalue weighted by Gasteiger charge is -2.10. The van der Waals surface area contributed by atoms with E-state index in [0.29, 0.717) is 18.7 Å². The highest BCUT2D eigenvalue weighted by atomic mass is 16.5. The molecule has 0 saturated heterocycles. The van der Waals surface area contributed by atoms with Crippen LogP contribution in [0.5, 0.6) is 0 Å². The molecule has 14 heavy (non-hydrogen) atoms. The summed E-state index contributed by atoms with van der Waals surface area (Å²) in [5, 5.41) is 8.81. The summed E-state index contributed by atoms with van der Waals surface area (Å²) < 4.78 is 5.44. The first-order valence-corrected chi connectivity index (χ1v) is 4.57. The number of nitrogens with zero attached hydrogens (tertiary/aromatic N) is 1. The monoisotopic (exact) mass is 190 g/mol. The molecule has 1 aromatic carbocycles. The van der Waals surface area contributed by atoms with Crippen LogP contribution in [0.1, 0.15) is 18.1 Å². The smallest absolute Gasteiger partial charge is 0.0995 e. The molecule has 0 aliphatic heterocycles. The quantitative estimate of drug-likeness (QED) is 0.781. The van der Waals surface area contributed by atoms with Crippen molar-refractivity contribution in [3.05, 3.63) is 35.4 Å². The fraction of sp³-hybridized carbons (Fsp3) is 0.364. The molecule has 3 heteroatoms. The normalized spacial score (nSPS) is 12.1. The second-order valence-electron chi connectivity index (χ2n) is 3.13. The Morgan fingerprint density at radius 3 is 2.86 bits per heavy atom. The summed E-state index contributed by atoms with van der Waals surface area (Å²) in [5.74, 6) is 0. The van der Waals surface area contributed by atoms with Gasteiger partial charge in [0.25, 0.3) is 0 Å². The van der Waals surface area contributed by atoms with Gasteiger partial charge in [-0.15, -0.1) is 0 Å². The van der Waals surface area contributed by atoms with Crippen LogP contribution in [0.2, 0.25) is 0 Å². The molecule has 1 atom stereocenters. The van der Waals surface area contributed by atoms with Crippen LogP contribution < -0.4 is 5.73 Å². The van der Waals surface area contributed by atoms with Crippen LogP contribution in [0.4, 0.5) is 0 Å². The molecule has 0 aliphatic carbocycles. The Hall–Kier alpha value is -1.37. The molecular formula is C11H14N2O. The topological polar surface area (TPSA) is 59.0 Å². The average Bonchev–Trinajstić information content (AvgIpc) is 2.26. The molecule has 0 bridgehead atoms. The maximum absolute atomic E-state index is 8.81. The molecule has 0 fully saturated rings. The highest BCUT2D eigenvalue weighted by Gasteiger charge is 2.03. The molecule has 0 radical (unpaired) electrons. The van der Waals surface area contributed by atoms with Crippen molar-refractivity contribution in [1.82, 2.24) is 0 Å². The van der Waals surface area contributed by atoms with Gasteiger partial charge in [-0.05, 0) is 18.6 Å². The van der Waals surface area contributed by atoms with Gasteiger partial charge in [0.1, 0.15) is 0 Å². The fourth-order valence-corrected chi connectivity index (χ4v) is 1.06. The first-order valence-electron chi connectivity index (χ1n) is 4.57. The summed E-state index contributed by atoms with van der Waals surface area (Å²) in [6.07, 6.45) is 0.0294. The molecule has 0 amide bonds. The summed E-state index contributed by atoms with van der Waals surface area (Å²) in [5.41, 5.74) is 6.99. The van der Waals surface area contributed by atoms with Crippen LogP contribution in [0, 0.1) is 11.3 Å². The highest BCUT2D eigenvalue weighted by molar-refractivity contribution is 5.36. The molecule has 0 spiro atoms. The molecule has 1 unspecified atom stereocenters. The van der Waals surface area contributed by atoms with E-state index >= 15 is 0 Å². The van der Waals surface area contributed by atoms with E-state index in [1.54, 1.807) is 6.07 Å². The first-order chi connectivity index (χ1) is 6.77. The zero-order valence-corrected chi connectivity index (χ0v) is 8.23. The van der Waals surface area contributed by atoms with Gasteiger partial charge < -0.3 is 10.5 Å². The van der Waals surface area contributed by atoms with E-state index < -0.39 is 0 Å². The van der Waals surface area contributed by atoms with E-state index in [1.807, 2.05) is 25.1 Å². The number of rotatable bonds is 4. The van der Waals surface area contributed by atoms with Crippen molar-refractivity contribution in [2.24, 2.45) is 5.73 Å².